The van der Waals surface area contributed by atoms with Gasteiger partial charge in [0.25, 0.3) is 12.3 Å². The summed E-state index contributed by atoms with van der Waals surface area (Å²) in [5.74, 6) is -2.05. The Balaban J connectivity index is 2.21. The number of alkyl halides is 2. The van der Waals surface area contributed by atoms with E-state index >= 15 is 0 Å². The number of halogens is 2. The maximum absolute atomic E-state index is 13.4. The van der Waals surface area contributed by atoms with Crippen LogP contribution in [0.25, 0.3) is 0 Å². The van der Waals surface area contributed by atoms with Gasteiger partial charge in [0.05, 0.1) is 11.8 Å². The van der Waals surface area contributed by atoms with E-state index in [0.29, 0.717) is 5.56 Å². The van der Waals surface area contributed by atoms with E-state index in [1.165, 1.54) is 0 Å². The topological polar surface area (TPSA) is 84.2 Å². The van der Waals surface area contributed by atoms with Gasteiger partial charge in [-0.1, -0.05) is 44.2 Å². The Bertz CT molecular complexity index is 760. The largest absolute Gasteiger partial charge is 0.480 e. The van der Waals surface area contributed by atoms with Crippen LogP contribution in [0.1, 0.15) is 41.9 Å². The minimum atomic E-state index is -2.89. The highest BCUT2D eigenvalue weighted by atomic mass is 19.3. The molecule has 1 heterocycles. The third-order valence-corrected chi connectivity index (χ3v) is 3.76. The van der Waals surface area contributed by atoms with Crippen molar-refractivity contribution in [2.24, 2.45) is 5.92 Å². The van der Waals surface area contributed by atoms with Gasteiger partial charge in [-0.25, -0.2) is 13.6 Å². The summed E-state index contributed by atoms with van der Waals surface area (Å²) >= 11 is 0. The average Bonchev–Trinajstić information content (AvgIpc) is 2.98. The molecule has 0 bridgehead atoms. The van der Waals surface area contributed by atoms with Crippen LogP contribution in [0.4, 0.5) is 8.78 Å². The molecule has 0 aliphatic carbocycles. The molecule has 140 valence electrons. The van der Waals surface area contributed by atoms with Crippen molar-refractivity contribution in [3.05, 3.63) is 53.3 Å². The fraction of sp³-hybridized carbons (Fsp3) is 0.389. The highest BCUT2D eigenvalue weighted by Gasteiger charge is 2.28. The first-order valence-electron chi connectivity index (χ1n) is 8.21. The van der Waals surface area contributed by atoms with Crippen molar-refractivity contribution in [2.45, 2.75) is 39.3 Å². The van der Waals surface area contributed by atoms with Gasteiger partial charge in [-0.2, -0.15) is 5.10 Å². The molecular formula is C18H21F2N3O3. The molecule has 26 heavy (non-hydrogen) atoms. The van der Waals surface area contributed by atoms with E-state index in [1.807, 2.05) is 13.8 Å². The van der Waals surface area contributed by atoms with Gasteiger partial charge in [0, 0.05) is 13.0 Å². The lowest BCUT2D eigenvalue weighted by molar-refractivity contribution is -0.139. The summed E-state index contributed by atoms with van der Waals surface area (Å²) in [6.07, 6.45) is -1.79. The van der Waals surface area contributed by atoms with Crippen LogP contribution in [0, 0.1) is 5.92 Å². The molecule has 0 saturated carbocycles. The maximum Gasteiger partial charge on any atom is 0.326 e. The summed E-state index contributed by atoms with van der Waals surface area (Å²) in [6.45, 7) is 3.92. The summed E-state index contributed by atoms with van der Waals surface area (Å²) in [6, 6.07) is 7.52. The summed E-state index contributed by atoms with van der Waals surface area (Å²) in [7, 11) is 0. The molecule has 0 saturated heterocycles. The molecule has 8 heteroatoms. The van der Waals surface area contributed by atoms with Crippen LogP contribution in [0.5, 0.6) is 0 Å². The number of carboxylic acid groups (broad SMARTS) is 1. The van der Waals surface area contributed by atoms with E-state index in [0.717, 1.165) is 10.9 Å². The van der Waals surface area contributed by atoms with Gasteiger partial charge in [0.1, 0.15) is 11.7 Å². The Morgan fingerprint density at radius 1 is 1.23 bits per heavy atom. The lowest BCUT2D eigenvalue weighted by Crippen LogP contribution is -2.42. The van der Waals surface area contributed by atoms with Crippen molar-refractivity contribution in [3.63, 3.8) is 0 Å². The van der Waals surface area contributed by atoms with Gasteiger partial charge >= 0.3 is 5.97 Å². The van der Waals surface area contributed by atoms with E-state index < -0.39 is 30.0 Å². The number of hydrogen-bond donors (Lipinski definition) is 2. The van der Waals surface area contributed by atoms with Crippen molar-refractivity contribution in [1.29, 1.82) is 0 Å². The molecule has 0 radical (unpaired) electrons. The first-order chi connectivity index (χ1) is 12.3. The number of carboxylic acids is 1. The molecule has 0 aliphatic heterocycles. The summed E-state index contributed by atoms with van der Waals surface area (Å²) in [5, 5.41) is 15.5. The second-order valence-electron chi connectivity index (χ2n) is 6.37. The molecule has 1 aromatic carbocycles. The van der Waals surface area contributed by atoms with Gasteiger partial charge in [-0.15, -0.1) is 0 Å². The molecular weight excluding hydrogens is 344 g/mol. The van der Waals surface area contributed by atoms with Crippen LogP contribution in [0.3, 0.4) is 0 Å². The predicted octanol–water partition coefficient (Wildman–Crippen LogP) is 2.90. The summed E-state index contributed by atoms with van der Waals surface area (Å²) < 4.78 is 27.9. The number of aromatic nitrogens is 2. The van der Waals surface area contributed by atoms with Gasteiger partial charge in [0.15, 0.2) is 0 Å². The van der Waals surface area contributed by atoms with Crippen LogP contribution in [-0.4, -0.2) is 32.8 Å². The quantitative estimate of drug-likeness (QED) is 0.753. The third kappa shape index (κ3) is 4.87. The fourth-order valence-corrected chi connectivity index (χ4v) is 2.58. The molecule has 2 aromatic rings. The van der Waals surface area contributed by atoms with Crippen molar-refractivity contribution in [2.75, 3.05) is 0 Å². The minimum Gasteiger partial charge on any atom is -0.480 e. The number of hydrogen-bond acceptors (Lipinski definition) is 3. The molecule has 1 atom stereocenters. The van der Waals surface area contributed by atoms with E-state index in [4.69, 9.17) is 0 Å². The normalized spacial score (nSPS) is 12.4. The van der Waals surface area contributed by atoms with Crippen molar-refractivity contribution in [3.8, 4) is 0 Å². The Morgan fingerprint density at radius 2 is 1.88 bits per heavy atom. The number of nitrogens with one attached hydrogen (secondary N) is 1. The number of nitrogens with zero attached hydrogens (tertiary/aromatic N) is 2. The summed E-state index contributed by atoms with van der Waals surface area (Å²) in [5.41, 5.74) is -0.0928. The lowest BCUT2D eigenvalue weighted by Gasteiger charge is -2.15. The third-order valence-electron chi connectivity index (χ3n) is 3.76. The molecule has 0 aliphatic rings. The first kappa shape index (κ1) is 19.6. The van der Waals surface area contributed by atoms with Crippen LogP contribution in [0.15, 0.2) is 36.5 Å². The van der Waals surface area contributed by atoms with Gasteiger partial charge in [-0.05, 0) is 11.5 Å². The van der Waals surface area contributed by atoms with E-state index in [2.05, 4.69) is 10.4 Å². The first-order valence-corrected chi connectivity index (χ1v) is 8.21. The predicted molar refractivity (Wildman–Crippen MR) is 91.1 cm³/mol. The Morgan fingerprint density at radius 3 is 2.42 bits per heavy atom. The van der Waals surface area contributed by atoms with Crippen LogP contribution in [0.2, 0.25) is 0 Å². The average molecular weight is 365 g/mol. The van der Waals surface area contributed by atoms with E-state index in [9.17, 15) is 23.5 Å². The van der Waals surface area contributed by atoms with Crippen molar-refractivity contribution < 1.29 is 23.5 Å². The molecule has 6 nitrogen and oxygen atoms in total. The van der Waals surface area contributed by atoms with Gasteiger partial charge in [0.2, 0.25) is 0 Å². The second kappa shape index (κ2) is 8.55. The molecule has 2 rings (SSSR count). The number of aliphatic carboxylic acids is 1. The highest BCUT2D eigenvalue weighted by Crippen LogP contribution is 2.24. The van der Waals surface area contributed by atoms with Gasteiger partial charge < -0.3 is 10.4 Å². The van der Waals surface area contributed by atoms with Crippen LogP contribution >= 0.6 is 0 Å². The van der Waals surface area contributed by atoms with E-state index in [-0.39, 0.29) is 24.4 Å². The fourth-order valence-electron chi connectivity index (χ4n) is 2.58. The molecule has 1 amide bonds. The number of benzene rings is 1. The lowest BCUT2D eigenvalue weighted by atomic mass is 10.1. The monoisotopic (exact) mass is 365 g/mol. The number of carbonyl (C=O) groups excluding carboxylic acids is 1. The van der Waals surface area contributed by atoms with Crippen LogP contribution < -0.4 is 5.32 Å². The molecule has 0 fully saturated rings. The standard InChI is InChI=1S/C18H21F2N3O3/c1-11(2)10-23-15(16(19)20)13(9-21-23)17(24)22-14(18(25)26)8-12-6-4-3-5-7-12/h3-7,9,11,14,16H,8,10H2,1-2H3,(H,22,24)(H,25,26). The Kier molecular flexibility index (Phi) is 6.43. The maximum atomic E-state index is 13.4. The molecule has 1 unspecified atom stereocenters. The molecule has 1 aromatic heterocycles. The number of amides is 1. The van der Waals surface area contributed by atoms with Gasteiger partial charge in [-0.3, -0.25) is 9.48 Å². The van der Waals surface area contributed by atoms with E-state index in [1.54, 1.807) is 30.3 Å². The van der Waals surface area contributed by atoms with Crippen molar-refractivity contribution >= 4 is 11.9 Å². The second-order valence-corrected chi connectivity index (χ2v) is 6.37. The zero-order valence-corrected chi connectivity index (χ0v) is 14.5. The van der Waals surface area contributed by atoms with Crippen molar-refractivity contribution in [1.82, 2.24) is 15.1 Å². The van der Waals surface area contributed by atoms with Crippen LogP contribution in [-0.2, 0) is 17.8 Å². The smallest absolute Gasteiger partial charge is 0.326 e. The highest BCUT2D eigenvalue weighted by molar-refractivity contribution is 5.97. The molecule has 0 spiro atoms. The zero-order chi connectivity index (χ0) is 19.3. The molecule has 2 N–H and O–H groups in total. The minimum absolute atomic E-state index is 0.0477. The SMILES string of the molecule is CC(C)Cn1ncc(C(=O)NC(Cc2ccccc2)C(=O)O)c1C(F)F. The number of carbonyl (C=O) groups is 2. The number of rotatable bonds is 8. The Hall–Kier alpha value is -2.77. The Labute approximate surface area is 149 Å². The zero-order valence-electron chi connectivity index (χ0n) is 14.5. The summed E-state index contributed by atoms with van der Waals surface area (Å²) in [4.78, 5) is 23.9.